The lowest BCUT2D eigenvalue weighted by molar-refractivity contribution is 0.246. The summed E-state index contributed by atoms with van der Waals surface area (Å²) in [5.74, 6) is 1.54. The fourth-order valence-corrected chi connectivity index (χ4v) is 2.56. The molecular formula is C21H22N4O4. The van der Waals surface area contributed by atoms with Crippen LogP contribution in [0.5, 0.6) is 17.4 Å². The van der Waals surface area contributed by atoms with E-state index in [1.54, 1.807) is 31.4 Å². The number of anilines is 1. The van der Waals surface area contributed by atoms with Crippen LogP contribution in [0.2, 0.25) is 0 Å². The molecule has 0 bridgehead atoms. The molecular weight excluding hydrogens is 372 g/mol. The van der Waals surface area contributed by atoms with Crippen molar-refractivity contribution in [3.8, 4) is 28.6 Å². The van der Waals surface area contributed by atoms with Gasteiger partial charge in [-0.05, 0) is 18.2 Å². The Kier molecular flexibility index (Phi) is 6.83. The van der Waals surface area contributed by atoms with E-state index in [1.165, 1.54) is 7.11 Å². The molecule has 150 valence electrons. The monoisotopic (exact) mass is 394 g/mol. The molecule has 8 heteroatoms. The zero-order valence-electron chi connectivity index (χ0n) is 16.2. The summed E-state index contributed by atoms with van der Waals surface area (Å²) in [6.07, 6.45) is 0. The molecule has 3 rings (SSSR count). The van der Waals surface area contributed by atoms with Crippen LogP contribution in [0.15, 0.2) is 60.7 Å². The van der Waals surface area contributed by atoms with Crippen molar-refractivity contribution in [3.63, 3.8) is 0 Å². The molecule has 0 unspecified atom stereocenters. The number of methoxy groups -OCH3 is 2. The van der Waals surface area contributed by atoms with Crippen molar-refractivity contribution in [1.82, 2.24) is 15.5 Å². The SMILES string of the molecule is COc1ccc(OC)c(NC(=O)NCCOc2ccc(-c3ccccc3)nn2)c1. The number of rotatable bonds is 8. The van der Waals surface area contributed by atoms with Gasteiger partial charge in [0.15, 0.2) is 0 Å². The third kappa shape index (κ3) is 5.58. The molecule has 0 saturated carbocycles. The third-order valence-electron chi connectivity index (χ3n) is 4.00. The van der Waals surface area contributed by atoms with E-state index in [0.29, 0.717) is 29.6 Å². The Bertz CT molecular complexity index is 933. The molecule has 0 fully saturated rings. The highest BCUT2D eigenvalue weighted by Gasteiger charge is 2.09. The lowest BCUT2D eigenvalue weighted by Crippen LogP contribution is -2.32. The standard InChI is InChI=1S/C21H22N4O4/c1-27-16-8-10-19(28-2)18(14-16)23-21(26)22-12-13-29-20-11-9-17(24-25-20)15-6-4-3-5-7-15/h3-11,14H,12-13H2,1-2H3,(H2,22,23,26). The van der Waals surface area contributed by atoms with E-state index < -0.39 is 0 Å². The molecule has 8 nitrogen and oxygen atoms in total. The van der Waals surface area contributed by atoms with Gasteiger partial charge in [-0.25, -0.2) is 4.79 Å². The lowest BCUT2D eigenvalue weighted by atomic mass is 10.1. The van der Waals surface area contributed by atoms with Gasteiger partial charge in [0.25, 0.3) is 0 Å². The Balaban J connectivity index is 1.45. The minimum atomic E-state index is -0.384. The maximum atomic E-state index is 12.1. The highest BCUT2D eigenvalue weighted by atomic mass is 16.5. The molecule has 0 atom stereocenters. The summed E-state index contributed by atoms with van der Waals surface area (Å²) in [6.45, 7) is 0.544. The molecule has 0 radical (unpaired) electrons. The van der Waals surface area contributed by atoms with Gasteiger partial charge < -0.3 is 24.8 Å². The largest absolute Gasteiger partial charge is 0.497 e. The van der Waals surface area contributed by atoms with E-state index in [9.17, 15) is 4.79 Å². The first kappa shape index (κ1) is 19.9. The van der Waals surface area contributed by atoms with Crippen LogP contribution in [0, 0.1) is 0 Å². The number of urea groups is 1. The fourth-order valence-electron chi connectivity index (χ4n) is 2.56. The smallest absolute Gasteiger partial charge is 0.319 e. The Morgan fingerprint density at radius 1 is 0.966 bits per heavy atom. The number of hydrogen-bond acceptors (Lipinski definition) is 6. The second-order valence-corrected chi connectivity index (χ2v) is 5.92. The Hall–Kier alpha value is -3.81. The van der Waals surface area contributed by atoms with Gasteiger partial charge in [0.1, 0.15) is 18.1 Å². The second kappa shape index (κ2) is 9.93. The van der Waals surface area contributed by atoms with Crippen LogP contribution in [0.4, 0.5) is 10.5 Å². The van der Waals surface area contributed by atoms with Crippen LogP contribution < -0.4 is 24.8 Å². The number of benzene rings is 2. The molecule has 29 heavy (non-hydrogen) atoms. The fraction of sp³-hybridized carbons (Fsp3) is 0.190. The number of nitrogens with one attached hydrogen (secondary N) is 2. The van der Waals surface area contributed by atoms with Crippen molar-refractivity contribution < 1.29 is 19.0 Å². The van der Waals surface area contributed by atoms with Gasteiger partial charge in [-0.15, -0.1) is 10.2 Å². The molecule has 0 aliphatic heterocycles. The van der Waals surface area contributed by atoms with E-state index >= 15 is 0 Å². The van der Waals surface area contributed by atoms with Gasteiger partial charge in [-0.2, -0.15) is 0 Å². The molecule has 1 heterocycles. The van der Waals surface area contributed by atoms with E-state index in [-0.39, 0.29) is 12.6 Å². The minimum absolute atomic E-state index is 0.252. The van der Waals surface area contributed by atoms with Gasteiger partial charge in [-0.1, -0.05) is 30.3 Å². The molecule has 0 spiro atoms. The predicted molar refractivity (Wildman–Crippen MR) is 110 cm³/mol. The zero-order valence-corrected chi connectivity index (χ0v) is 16.2. The normalized spacial score (nSPS) is 10.1. The number of carbonyl (C=O) groups is 1. The van der Waals surface area contributed by atoms with Crippen molar-refractivity contribution in [3.05, 3.63) is 60.7 Å². The summed E-state index contributed by atoms with van der Waals surface area (Å²) >= 11 is 0. The highest BCUT2D eigenvalue weighted by molar-refractivity contribution is 5.91. The maximum Gasteiger partial charge on any atom is 0.319 e. The Labute approximate surface area is 168 Å². The summed E-state index contributed by atoms with van der Waals surface area (Å²) in [5.41, 5.74) is 2.26. The molecule has 2 N–H and O–H groups in total. The quantitative estimate of drug-likeness (QED) is 0.569. The number of nitrogens with zero attached hydrogens (tertiary/aromatic N) is 2. The zero-order chi connectivity index (χ0) is 20.5. The van der Waals surface area contributed by atoms with Crippen LogP contribution in [-0.2, 0) is 0 Å². The first-order chi connectivity index (χ1) is 14.2. The highest BCUT2D eigenvalue weighted by Crippen LogP contribution is 2.28. The van der Waals surface area contributed by atoms with Gasteiger partial charge in [0.2, 0.25) is 5.88 Å². The second-order valence-electron chi connectivity index (χ2n) is 5.92. The molecule has 2 aromatic carbocycles. The van der Waals surface area contributed by atoms with Crippen LogP contribution in [0.25, 0.3) is 11.3 Å². The first-order valence-electron chi connectivity index (χ1n) is 8.98. The van der Waals surface area contributed by atoms with Crippen molar-refractivity contribution in [1.29, 1.82) is 0 Å². The molecule has 1 aromatic heterocycles. The van der Waals surface area contributed by atoms with Gasteiger partial charge in [0.05, 0.1) is 32.1 Å². The third-order valence-corrected chi connectivity index (χ3v) is 4.00. The summed E-state index contributed by atoms with van der Waals surface area (Å²) in [5, 5.41) is 13.6. The number of amides is 2. The van der Waals surface area contributed by atoms with Gasteiger partial charge in [-0.3, -0.25) is 0 Å². The van der Waals surface area contributed by atoms with Crippen LogP contribution in [0.1, 0.15) is 0 Å². The summed E-state index contributed by atoms with van der Waals surface area (Å²) in [7, 11) is 3.08. The van der Waals surface area contributed by atoms with Crippen molar-refractivity contribution >= 4 is 11.7 Å². The van der Waals surface area contributed by atoms with Crippen molar-refractivity contribution in [2.75, 3.05) is 32.7 Å². The number of hydrogen-bond donors (Lipinski definition) is 2. The maximum absolute atomic E-state index is 12.1. The molecule has 3 aromatic rings. The number of carbonyl (C=O) groups excluding carboxylic acids is 1. The summed E-state index contributed by atoms with van der Waals surface area (Å²) in [4.78, 5) is 12.1. The van der Waals surface area contributed by atoms with Crippen LogP contribution in [-0.4, -0.2) is 43.6 Å². The van der Waals surface area contributed by atoms with Gasteiger partial charge in [0, 0.05) is 17.7 Å². The van der Waals surface area contributed by atoms with Crippen LogP contribution >= 0.6 is 0 Å². The first-order valence-corrected chi connectivity index (χ1v) is 8.98. The van der Waals surface area contributed by atoms with E-state index in [2.05, 4.69) is 20.8 Å². The van der Waals surface area contributed by atoms with Crippen molar-refractivity contribution in [2.24, 2.45) is 0 Å². The van der Waals surface area contributed by atoms with Crippen LogP contribution in [0.3, 0.4) is 0 Å². The summed E-state index contributed by atoms with van der Waals surface area (Å²) < 4.78 is 15.9. The molecule has 2 amide bonds. The lowest BCUT2D eigenvalue weighted by Gasteiger charge is -2.12. The Morgan fingerprint density at radius 2 is 1.79 bits per heavy atom. The molecule has 0 aliphatic rings. The van der Waals surface area contributed by atoms with Gasteiger partial charge >= 0.3 is 6.03 Å². The minimum Gasteiger partial charge on any atom is -0.497 e. The van der Waals surface area contributed by atoms with Crippen molar-refractivity contribution in [2.45, 2.75) is 0 Å². The van der Waals surface area contributed by atoms with E-state index in [1.807, 2.05) is 36.4 Å². The summed E-state index contributed by atoms with van der Waals surface area (Å²) in [6, 6.07) is 18.1. The molecule has 0 saturated heterocycles. The Morgan fingerprint density at radius 3 is 2.48 bits per heavy atom. The van der Waals surface area contributed by atoms with E-state index in [4.69, 9.17) is 14.2 Å². The predicted octanol–water partition coefficient (Wildman–Crippen LogP) is 3.36. The average Bonchev–Trinajstić information content (AvgIpc) is 2.77. The average molecular weight is 394 g/mol. The number of ether oxygens (including phenoxy) is 3. The number of aromatic nitrogens is 2. The molecule has 0 aliphatic carbocycles. The van der Waals surface area contributed by atoms with E-state index in [0.717, 1.165) is 11.3 Å². The topological polar surface area (TPSA) is 94.6 Å².